The fourth-order valence-corrected chi connectivity index (χ4v) is 5.22. The minimum Gasteiger partial charge on any atom is -0.481 e. The number of carbonyl (C=O) groups excluding carboxylic acids is 2. The molecule has 38 heavy (non-hydrogen) atoms. The summed E-state index contributed by atoms with van der Waals surface area (Å²) in [4.78, 5) is 41.3. The second-order valence-corrected chi connectivity index (χ2v) is 10.6. The molecule has 0 atom stereocenters. The van der Waals surface area contributed by atoms with Crippen LogP contribution < -0.4 is 14.8 Å². The van der Waals surface area contributed by atoms with Crippen molar-refractivity contribution < 1.29 is 36.6 Å². The number of carbonyl (C=O) groups is 3. The number of hydrogen-bond donors (Lipinski definition) is 1. The molecule has 1 saturated heterocycles. The lowest BCUT2D eigenvalue weighted by molar-refractivity contribution is -0.163. The first-order valence-corrected chi connectivity index (χ1v) is 13.8. The van der Waals surface area contributed by atoms with Gasteiger partial charge in [0.1, 0.15) is 24.3 Å². The van der Waals surface area contributed by atoms with E-state index in [0.717, 1.165) is 0 Å². The van der Waals surface area contributed by atoms with Gasteiger partial charge in [-0.15, -0.1) is 9.35 Å². The van der Waals surface area contributed by atoms with Gasteiger partial charge in [-0.2, -0.15) is 8.42 Å². The van der Waals surface area contributed by atoms with Gasteiger partial charge in [-0.25, -0.2) is 9.56 Å². The van der Waals surface area contributed by atoms with Crippen molar-refractivity contribution in [2.75, 3.05) is 37.3 Å². The summed E-state index contributed by atoms with van der Waals surface area (Å²) in [7, 11) is -2.41. The van der Waals surface area contributed by atoms with Gasteiger partial charge in [0.05, 0.1) is 12.2 Å². The van der Waals surface area contributed by atoms with Gasteiger partial charge in [-0.3, -0.25) is 14.4 Å². The Balaban J connectivity index is 1.71. The summed E-state index contributed by atoms with van der Waals surface area (Å²) in [6.07, 6.45) is -0.0984. The number of carboxylic acid groups (broad SMARTS) is 1. The normalized spacial score (nSPS) is 14.9. The largest absolute Gasteiger partial charge is 0.481 e. The molecule has 0 radical (unpaired) electrons. The van der Waals surface area contributed by atoms with E-state index in [1.54, 1.807) is 13.1 Å². The lowest BCUT2D eigenvalue weighted by atomic mass is 10.1. The monoisotopic (exact) mass is 545 g/mol. The Morgan fingerprint density at radius 3 is 2.58 bits per heavy atom. The molecule has 0 unspecified atom stereocenters. The molecule has 2 heterocycles. The Labute approximate surface area is 219 Å². The summed E-state index contributed by atoms with van der Waals surface area (Å²) in [5.74, 6) is -2.18. The number of anilines is 1. The van der Waals surface area contributed by atoms with Gasteiger partial charge in [0.25, 0.3) is 27.3 Å². The molecule has 1 aromatic rings. The molecule has 2 aliphatic heterocycles. The minimum atomic E-state index is -4.19. The van der Waals surface area contributed by atoms with E-state index < -0.39 is 33.7 Å². The van der Waals surface area contributed by atoms with E-state index in [9.17, 15) is 27.9 Å². The summed E-state index contributed by atoms with van der Waals surface area (Å²) in [6.45, 7) is 2.91. The molecule has 0 spiro atoms. The molecular weight excluding hydrogens is 516 g/mol. The van der Waals surface area contributed by atoms with E-state index >= 15 is 0 Å². The molecule has 0 saturated carbocycles. The average molecular weight is 546 g/mol. The van der Waals surface area contributed by atoms with Crippen LogP contribution in [0.1, 0.15) is 32.6 Å². The summed E-state index contributed by atoms with van der Waals surface area (Å²) in [6, 6.07) is 10.9. The molecule has 1 fully saturated rings. The van der Waals surface area contributed by atoms with Crippen LogP contribution in [0.5, 0.6) is 0 Å². The zero-order valence-corrected chi connectivity index (χ0v) is 21.9. The number of carboxylic acids is 1. The minimum absolute atomic E-state index is 0.0703. The van der Waals surface area contributed by atoms with E-state index in [0.29, 0.717) is 45.2 Å². The maximum atomic E-state index is 12.5. The number of rotatable bonds is 11. The number of para-hydroxylation sites is 2. The molecule has 3 aliphatic rings. The van der Waals surface area contributed by atoms with Crippen LogP contribution in [0.2, 0.25) is 0 Å². The molecule has 1 aromatic carbocycles. The van der Waals surface area contributed by atoms with E-state index in [1.807, 2.05) is 46.7 Å². The molecule has 13 heteroatoms. The van der Waals surface area contributed by atoms with Crippen LogP contribution in [-0.4, -0.2) is 73.8 Å². The number of amides is 2. The van der Waals surface area contributed by atoms with Gasteiger partial charge in [0, 0.05) is 32.9 Å². The number of aromatic nitrogens is 1. The maximum Gasteiger partial charge on any atom is 0.305 e. The van der Waals surface area contributed by atoms with Crippen LogP contribution in [0.25, 0.3) is 22.6 Å². The van der Waals surface area contributed by atoms with E-state index in [-0.39, 0.29) is 38.8 Å². The second kappa shape index (κ2) is 11.3. The highest BCUT2D eigenvalue weighted by molar-refractivity contribution is 7.86. The molecule has 202 valence electrons. The predicted molar refractivity (Wildman–Crippen MR) is 137 cm³/mol. The first kappa shape index (κ1) is 27.2. The van der Waals surface area contributed by atoms with Crippen molar-refractivity contribution in [3.8, 4) is 11.5 Å². The summed E-state index contributed by atoms with van der Waals surface area (Å²) in [5, 5.41) is 10.2. The third kappa shape index (κ3) is 6.00. The number of hydrogen-bond acceptors (Lipinski definition) is 9. The van der Waals surface area contributed by atoms with Crippen molar-refractivity contribution in [2.24, 2.45) is 0 Å². The number of fused-ring (bicyclic) bond motifs is 2. The van der Waals surface area contributed by atoms with Crippen molar-refractivity contribution in [2.45, 2.75) is 32.6 Å². The van der Waals surface area contributed by atoms with Crippen molar-refractivity contribution in [3.63, 3.8) is 0 Å². The lowest BCUT2D eigenvalue weighted by Crippen LogP contribution is -2.39. The van der Waals surface area contributed by atoms with Gasteiger partial charge in [0.15, 0.2) is 17.0 Å². The fourth-order valence-electron chi connectivity index (χ4n) is 4.27. The summed E-state index contributed by atoms with van der Waals surface area (Å²) in [5.41, 5.74) is 2.51. The van der Waals surface area contributed by atoms with Gasteiger partial charge >= 0.3 is 5.97 Å². The summed E-state index contributed by atoms with van der Waals surface area (Å²) < 4.78 is 37.8. The number of hydroxylamine groups is 2. The number of benzene rings is 2. The molecule has 0 bridgehead atoms. The standard InChI is InChI=1S/C25H28N4O8S/c1-3-28(14-6-16-38(34,35)37-29-21(30)11-12-22(29)31)25-18(27(2)15-13-23(32)33)9-10-20-24(25)26-17-7-4-5-8-19(17)36-20/h4-5,7-10H,3,6,11-16H2,1-2H3/p+1. The van der Waals surface area contributed by atoms with Crippen LogP contribution in [-0.2, 0) is 28.8 Å². The van der Waals surface area contributed by atoms with Crippen LogP contribution >= 0.6 is 0 Å². The van der Waals surface area contributed by atoms with Crippen molar-refractivity contribution in [1.29, 1.82) is 0 Å². The van der Waals surface area contributed by atoms with Crippen molar-refractivity contribution >= 4 is 44.7 Å². The quantitative estimate of drug-likeness (QED) is 0.213. The average Bonchev–Trinajstić information content (AvgIpc) is 3.19. The first-order valence-electron chi connectivity index (χ1n) is 12.2. The van der Waals surface area contributed by atoms with Gasteiger partial charge < -0.3 is 14.4 Å². The SMILES string of the molecule is CC[N+](CCCS(=O)(=O)ON1C(=O)CCC1=O)=c1c(N(C)CCC(=O)O)ccc2oc3ccccc3nc1-2. The highest BCUT2D eigenvalue weighted by atomic mass is 32.2. The molecule has 4 rings (SSSR count). The van der Waals surface area contributed by atoms with Gasteiger partial charge in [-0.05, 0) is 31.2 Å². The van der Waals surface area contributed by atoms with Gasteiger partial charge in [0.2, 0.25) is 0 Å². The highest BCUT2D eigenvalue weighted by Gasteiger charge is 2.34. The Bertz CT molecular complexity index is 1520. The number of aliphatic carboxylic acids is 1. The van der Waals surface area contributed by atoms with Crippen LogP contribution in [0.3, 0.4) is 0 Å². The molecular formula is C25H29N4O8S+. The molecule has 0 aromatic heterocycles. The predicted octanol–water partition coefficient (Wildman–Crippen LogP) is 1.44. The van der Waals surface area contributed by atoms with Crippen LogP contribution in [0.4, 0.5) is 5.69 Å². The Morgan fingerprint density at radius 1 is 1.18 bits per heavy atom. The zero-order chi connectivity index (χ0) is 27.4. The van der Waals surface area contributed by atoms with E-state index in [1.165, 1.54) is 0 Å². The van der Waals surface area contributed by atoms with Crippen molar-refractivity contribution in [1.82, 2.24) is 14.6 Å². The Morgan fingerprint density at radius 2 is 1.89 bits per heavy atom. The lowest BCUT2D eigenvalue weighted by Gasteiger charge is -2.19. The molecule has 1 N–H and O–H groups in total. The maximum absolute atomic E-state index is 12.5. The third-order valence-corrected chi connectivity index (χ3v) is 7.36. The van der Waals surface area contributed by atoms with E-state index in [2.05, 4.69) is 0 Å². The smallest absolute Gasteiger partial charge is 0.305 e. The Kier molecular flexibility index (Phi) is 8.07. The molecule has 2 amide bonds. The van der Waals surface area contributed by atoms with E-state index in [4.69, 9.17) is 13.7 Å². The third-order valence-electron chi connectivity index (χ3n) is 6.20. The molecule has 12 nitrogen and oxygen atoms in total. The number of imide groups is 1. The molecule has 1 aliphatic carbocycles. The van der Waals surface area contributed by atoms with Crippen LogP contribution in [0, 0.1) is 0 Å². The first-order chi connectivity index (χ1) is 18.1. The highest BCUT2D eigenvalue weighted by Crippen LogP contribution is 2.25. The fraction of sp³-hybridized carbons (Fsp3) is 0.400. The number of nitrogens with zero attached hydrogens (tertiary/aromatic N) is 4. The van der Waals surface area contributed by atoms with Gasteiger partial charge in [-0.1, -0.05) is 12.1 Å². The zero-order valence-electron chi connectivity index (χ0n) is 21.1. The van der Waals surface area contributed by atoms with Crippen molar-refractivity contribution in [3.05, 3.63) is 41.8 Å². The topological polar surface area (TPSA) is 150 Å². The van der Waals surface area contributed by atoms with Crippen LogP contribution in [0.15, 0.2) is 40.8 Å². The Hall–Kier alpha value is -3.84. The second-order valence-electron chi connectivity index (χ2n) is 8.88. The summed E-state index contributed by atoms with van der Waals surface area (Å²) >= 11 is 0.